The number of nitrogens with one attached hydrogen (secondary N) is 1. The van der Waals surface area contributed by atoms with E-state index < -0.39 is 23.8 Å². The van der Waals surface area contributed by atoms with Crippen molar-refractivity contribution in [1.82, 2.24) is 14.8 Å². The maximum absolute atomic E-state index is 13.4. The van der Waals surface area contributed by atoms with Crippen molar-refractivity contribution in [2.75, 3.05) is 5.32 Å². The highest BCUT2D eigenvalue weighted by atomic mass is 32.1. The number of ether oxygens (including phenoxy) is 1. The van der Waals surface area contributed by atoms with Crippen molar-refractivity contribution >= 4 is 34.7 Å². The van der Waals surface area contributed by atoms with Gasteiger partial charge in [-0.1, -0.05) is 6.07 Å². The lowest BCUT2D eigenvalue weighted by atomic mass is 10.1. The fourth-order valence-electron chi connectivity index (χ4n) is 3.03. The number of amides is 1. The Morgan fingerprint density at radius 2 is 1.76 bits per heavy atom. The Balaban J connectivity index is 1.51. The molecule has 8 nitrogen and oxygen atoms in total. The molecule has 1 unspecified atom stereocenters. The van der Waals surface area contributed by atoms with Crippen LogP contribution in [0.4, 0.5) is 10.1 Å². The standard InChI is InChI=1S/C24H19FN4O4S/c1-14(30)16-5-9-18(10-6-16)26-23(31)15(2)33-24(32)21-27-22(20-4-3-13-34-20)29(28-21)19-11-7-17(25)8-12-19/h3-13,15H,1-2H3,(H,26,31). The van der Waals surface area contributed by atoms with Crippen LogP contribution in [0.5, 0.6) is 0 Å². The molecule has 2 aromatic heterocycles. The van der Waals surface area contributed by atoms with Gasteiger partial charge in [-0.05, 0) is 73.8 Å². The van der Waals surface area contributed by atoms with Crippen LogP contribution in [0.25, 0.3) is 16.4 Å². The predicted molar refractivity (Wildman–Crippen MR) is 125 cm³/mol. The highest BCUT2D eigenvalue weighted by Crippen LogP contribution is 2.26. The average molecular weight is 479 g/mol. The van der Waals surface area contributed by atoms with Gasteiger partial charge in [0.1, 0.15) is 5.82 Å². The fraction of sp³-hybridized carbons (Fsp3) is 0.125. The summed E-state index contributed by atoms with van der Waals surface area (Å²) >= 11 is 1.40. The maximum atomic E-state index is 13.4. The quantitative estimate of drug-likeness (QED) is 0.309. The van der Waals surface area contributed by atoms with Crippen LogP contribution in [0.1, 0.15) is 34.8 Å². The molecule has 1 amide bonds. The first-order valence-corrected chi connectivity index (χ1v) is 11.1. The Kier molecular flexibility index (Phi) is 6.60. The van der Waals surface area contributed by atoms with Crippen LogP contribution in [0.2, 0.25) is 0 Å². The molecule has 0 aliphatic carbocycles. The van der Waals surface area contributed by atoms with Crippen molar-refractivity contribution < 1.29 is 23.5 Å². The molecular formula is C24H19FN4O4S. The zero-order valence-electron chi connectivity index (χ0n) is 18.2. The topological polar surface area (TPSA) is 103 Å². The van der Waals surface area contributed by atoms with Crippen LogP contribution in [-0.4, -0.2) is 38.5 Å². The van der Waals surface area contributed by atoms with Crippen molar-refractivity contribution in [2.24, 2.45) is 0 Å². The number of carbonyl (C=O) groups is 3. The van der Waals surface area contributed by atoms with Crippen LogP contribution >= 0.6 is 11.3 Å². The summed E-state index contributed by atoms with van der Waals surface area (Å²) in [5.74, 6) is -1.78. The smallest absolute Gasteiger partial charge is 0.379 e. The van der Waals surface area contributed by atoms with Crippen molar-refractivity contribution in [3.63, 3.8) is 0 Å². The molecule has 0 spiro atoms. The van der Waals surface area contributed by atoms with Crippen molar-refractivity contribution in [2.45, 2.75) is 20.0 Å². The van der Waals surface area contributed by atoms with Crippen LogP contribution in [0, 0.1) is 5.82 Å². The number of esters is 1. The molecule has 0 bridgehead atoms. The second kappa shape index (κ2) is 9.75. The zero-order chi connectivity index (χ0) is 24.2. The Morgan fingerprint density at radius 1 is 1.06 bits per heavy atom. The fourth-order valence-corrected chi connectivity index (χ4v) is 3.72. The normalized spacial score (nSPS) is 11.6. The third-order valence-corrected chi connectivity index (χ3v) is 5.68. The van der Waals surface area contributed by atoms with Crippen molar-refractivity contribution in [3.8, 4) is 16.4 Å². The maximum Gasteiger partial charge on any atom is 0.379 e. The van der Waals surface area contributed by atoms with Crippen molar-refractivity contribution in [1.29, 1.82) is 0 Å². The van der Waals surface area contributed by atoms with E-state index >= 15 is 0 Å². The summed E-state index contributed by atoms with van der Waals surface area (Å²) in [6, 6.07) is 15.6. The number of nitrogens with zero attached hydrogens (tertiary/aromatic N) is 3. The summed E-state index contributed by atoms with van der Waals surface area (Å²) in [5.41, 5.74) is 1.48. The van der Waals surface area contributed by atoms with Gasteiger partial charge in [-0.15, -0.1) is 16.4 Å². The minimum Gasteiger partial charge on any atom is -0.447 e. The number of halogens is 1. The summed E-state index contributed by atoms with van der Waals surface area (Å²) in [4.78, 5) is 41.6. The van der Waals surface area contributed by atoms with E-state index in [9.17, 15) is 18.8 Å². The minimum absolute atomic E-state index is 0.0883. The molecule has 0 saturated heterocycles. The van der Waals surface area contributed by atoms with E-state index in [1.54, 1.807) is 24.3 Å². The highest BCUT2D eigenvalue weighted by Gasteiger charge is 2.25. The largest absolute Gasteiger partial charge is 0.447 e. The van der Waals surface area contributed by atoms with Gasteiger partial charge in [0, 0.05) is 11.3 Å². The lowest BCUT2D eigenvalue weighted by Gasteiger charge is -2.12. The zero-order valence-corrected chi connectivity index (χ0v) is 19.0. The first-order chi connectivity index (χ1) is 16.3. The molecule has 1 atom stereocenters. The first-order valence-electron chi connectivity index (χ1n) is 10.2. The van der Waals surface area contributed by atoms with E-state index in [1.165, 1.54) is 54.1 Å². The van der Waals surface area contributed by atoms with E-state index in [1.807, 2.05) is 17.5 Å². The predicted octanol–water partition coefficient (Wildman–Crippen LogP) is 4.52. The summed E-state index contributed by atoms with van der Waals surface area (Å²) in [5, 5.41) is 8.72. The lowest BCUT2D eigenvalue weighted by Crippen LogP contribution is -2.30. The van der Waals surface area contributed by atoms with Gasteiger partial charge in [-0.2, -0.15) is 4.98 Å². The summed E-state index contributed by atoms with van der Waals surface area (Å²) in [7, 11) is 0. The first kappa shape index (κ1) is 23.0. The molecule has 0 fully saturated rings. The van der Waals surface area contributed by atoms with Crippen LogP contribution in [0.15, 0.2) is 66.0 Å². The molecule has 4 aromatic rings. The third-order valence-electron chi connectivity index (χ3n) is 4.81. The summed E-state index contributed by atoms with van der Waals surface area (Å²) in [6.45, 7) is 2.87. The van der Waals surface area contributed by atoms with E-state index in [2.05, 4.69) is 15.4 Å². The molecule has 4 rings (SSSR count). The number of Topliss-reactive ketones (excluding diaryl/α,β-unsaturated/α-hetero) is 1. The average Bonchev–Trinajstić information content (AvgIpc) is 3.50. The second-order valence-electron chi connectivity index (χ2n) is 7.29. The van der Waals surface area contributed by atoms with Gasteiger partial charge in [0.2, 0.25) is 0 Å². The number of anilines is 1. The second-order valence-corrected chi connectivity index (χ2v) is 8.24. The van der Waals surface area contributed by atoms with Gasteiger partial charge in [0.05, 0.1) is 10.6 Å². The molecule has 172 valence electrons. The Hall–Kier alpha value is -4.18. The van der Waals surface area contributed by atoms with Crippen molar-refractivity contribution in [3.05, 3.63) is 83.2 Å². The molecular weight excluding hydrogens is 459 g/mol. The molecule has 0 aliphatic rings. The molecule has 2 heterocycles. The number of benzene rings is 2. The molecule has 34 heavy (non-hydrogen) atoms. The van der Waals surface area contributed by atoms with Gasteiger partial charge in [0.25, 0.3) is 11.7 Å². The highest BCUT2D eigenvalue weighted by molar-refractivity contribution is 7.13. The van der Waals surface area contributed by atoms with E-state index in [-0.39, 0.29) is 11.6 Å². The van der Waals surface area contributed by atoms with Gasteiger partial charge >= 0.3 is 5.97 Å². The molecule has 0 radical (unpaired) electrons. The minimum atomic E-state index is -1.14. The van der Waals surface area contributed by atoms with E-state index in [0.717, 1.165) is 4.88 Å². The van der Waals surface area contributed by atoms with Gasteiger partial charge < -0.3 is 10.1 Å². The SMILES string of the molecule is CC(=O)c1ccc(NC(=O)C(C)OC(=O)c2nc(-c3cccs3)n(-c3ccc(F)cc3)n2)cc1. The van der Waals surface area contributed by atoms with Crippen LogP contribution in [0.3, 0.4) is 0 Å². The number of hydrogen-bond donors (Lipinski definition) is 1. The number of carbonyl (C=O) groups excluding carboxylic acids is 3. The number of aromatic nitrogens is 3. The van der Waals surface area contributed by atoms with E-state index in [0.29, 0.717) is 22.8 Å². The van der Waals surface area contributed by atoms with E-state index in [4.69, 9.17) is 4.74 Å². The lowest BCUT2D eigenvalue weighted by molar-refractivity contribution is -0.123. The van der Waals surface area contributed by atoms with Gasteiger partial charge in [0.15, 0.2) is 17.7 Å². The Bertz CT molecular complexity index is 1330. The molecule has 0 aliphatic heterocycles. The summed E-state index contributed by atoms with van der Waals surface area (Å²) in [6.07, 6.45) is -1.14. The number of ketones is 1. The molecule has 10 heteroatoms. The number of hydrogen-bond acceptors (Lipinski definition) is 7. The molecule has 2 aromatic carbocycles. The number of thiophene rings is 1. The number of rotatable bonds is 7. The monoisotopic (exact) mass is 478 g/mol. The Morgan fingerprint density at radius 3 is 2.38 bits per heavy atom. The Labute approximate surface area is 198 Å². The third kappa shape index (κ3) is 5.07. The van der Waals surface area contributed by atoms with Crippen LogP contribution in [-0.2, 0) is 9.53 Å². The molecule has 0 saturated carbocycles. The molecule has 1 N–H and O–H groups in total. The van der Waals surface area contributed by atoms with Gasteiger partial charge in [-0.3, -0.25) is 9.59 Å². The van der Waals surface area contributed by atoms with Gasteiger partial charge in [-0.25, -0.2) is 13.9 Å². The van der Waals surface area contributed by atoms with Crippen LogP contribution < -0.4 is 5.32 Å². The summed E-state index contributed by atoms with van der Waals surface area (Å²) < 4.78 is 20.1.